The summed E-state index contributed by atoms with van der Waals surface area (Å²) in [7, 11) is 0. The van der Waals surface area contributed by atoms with Gasteiger partial charge in [0.1, 0.15) is 13.2 Å². The standard InChI is InChI=1S/C4H7NO2/c6-5-1-3-7-4-2-5/h1H,2-4H2. The van der Waals surface area contributed by atoms with Crippen LogP contribution in [-0.2, 0) is 4.74 Å². The molecule has 0 radical (unpaired) electrons. The van der Waals surface area contributed by atoms with Gasteiger partial charge in [-0.05, 0) is 0 Å². The Morgan fingerprint density at radius 3 is 2.86 bits per heavy atom. The van der Waals surface area contributed by atoms with Gasteiger partial charge in [-0.1, -0.05) is 0 Å². The van der Waals surface area contributed by atoms with Crippen molar-refractivity contribution >= 4 is 6.21 Å². The van der Waals surface area contributed by atoms with Gasteiger partial charge in [0.05, 0.1) is 0 Å². The van der Waals surface area contributed by atoms with Gasteiger partial charge in [-0.25, -0.2) is 4.74 Å². The molecular weight excluding hydrogens is 94.0 g/mol. The molecule has 0 aromatic heterocycles. The van der Waals surface area contributed by atoms with Crippen LogP contribution in [0.3, 0.4) is 0 Å². The van der Waals surface area contributed by atoms with Gasteiger partial charge in [-0.15, -0.1) is 0 Å². The van der Waals surface area contributed by atoms with Gasteiger partial charge in [-0.3, -0.25) is 0 Å². The fraction of sp³-hybridized carbons (Fsp3) is 0.750. The molecule has 0 aromatic carbocycles. The summed E-state index contributed by atoms with van der Waals surface area (Å²) in [5, 5.41) is 10.2. The Morgan fingerprint density at radius 2 is 2.57 bits per heavy atom. The zero-order valence-electron chi connectivity index (χ0n) is 3.96. The van der Waals surface area contributed by atoms with Crippen molar-refractivity contribution in [1.82, 2.24) is 0 Å². The maximum Gasteiger partial charge on any atom is 0.176 e. The predicted molar refractivity (Wildman–Crippen MR) is 25.4 cm³/mol. The molecule has 0 amide bonds. The van der Waals surface area contributed by atoms with Crippen LogP contribution in [0.15, 0.2) is 0 Å². The van der Waals surface area contributed by atoms with Gasteiger partial charge in [0.25, 0.3) is 0 Å². The lowest BCUT2D eigenvalue weighted by Crippen LogP contribution is -2.21. The van der Waals surface area contributed by atoms with E-state index in [0.717, 1.165) is 4.74 Å². The summed E-state index contributed by atoms with van der Waals surface area (Å²) in [5.74, 6) is 0. The Hall–Kier alpha value is -0.570. The van der Waals surface area contributed by atoms with E-state index in [4.69, 9.17) is 4.74 Å². The van der Waals surface area contributed by atoms with Gasteiger partial charge in [0.2, 0.25) is 0 Å². The van der Waals surface area contributed by atoms with Crippen LogP contribution in [-0.4, -0.2) is 30.7 Å². The first-order valence-corrected chi connectivity index (χ1v) is 2.24. The summed E-state index contributed by atoms with van der Waals surface area (Å²) in [4.78, 5) is 0. The topological polar surface area (TPSA) is 35.3 Å². The van der Waals surface area contributed by atoms with E-state index in [1.807, 2.05) is 0 Å². The monoisotopic (exact) mass is 101 g/mol. The number of nitrogens with zero attached hydrogens (tertiary/aromatic N) is 1. The number of hydroxylamine groups is 1. The van der Waals surface area contributed by atoms with E-state index < -0.39 is 0 Å². The van der Waals surface area contributed by atoms with E-state index in [1.165, 1.54) is 6.21 Å². The van der Waals surface area contributed by atoms with Gasteiger partial charge in [0, 0.05) is 0 Å². The molecule has 0 saturated carbocycles. The zero-order valence-corrected chi connectivity index (χ0v) is 3.96. The van der Waals surface area contributed by atoms with Crippen LogP contribution in [0.2, 0.25) is 0 Å². The fourth-order valence-electron chi connectivity index (χ4n) is 0.465. The molecule has 1 rings (SSSR count). The predicted octanol–water partition coefficient (Wildman–Crippen LogP) is -0.402. The molecular formula is C4H7NO2. The Bertz CT molecular complexity index is 89.7. The van der Waals surface area contributed by atoms with Crippen molar-refractivity contribution in [3.05, 3.63) is 5.21 Å². The fourth-order valence-corrected chi connectivity index (χ4v) is 0.465. The lowest BCUT2D eigenvalue weighted by Gasteiger charge is -2.07. The number of hydrogen-bond acceptors (Lipinski definition) is 2. The molecule has 1 aliphatic rings. The highest BCUT2D eigenvalue weighted by molar-refractivity contribution is 5.52. The first kappa shape index (κ1) is 4.59. The summed E-state index contributed by atoms with van der Waals surface area (Å²) < 4.78 is 5.74. The van der Waals surface area contributed by atoms with Crippen molar-refractivity contribution < 1.29 is 9.48 Å². The Labute approximate surface area is 41.8 Å². The molecule has 7 heavy (non-hydrogen) atoms. The molecule has 0 unspecified atom stereocenters. The van der Waals surface area contributed by atoms with E-state index in [2.05, 4.69) is 0 Å². The molecule has 1 heterocycles. The molecule has 0 aliphatic carbocycles. The molecule has 0 bridgehead atoms. The van der Waals surface area contributed by atoms with E-state index in [9.17, 15) is 5.21 Å². The summed E-state index contributed by atoms with van der Waals surface area (Å²) >= 11 is 0. The van der Waals surface area contributed by atoms with E-state index in [1.54, 1.807) is 0 Å². The summed E-state index contributed by atoms with van der Waals surface area (Å²) in [5.41, 5.74) is 0. The highest BCUT2D eigenvalue weighted by Gasteiger charge is 1.99. The second-order valence-electron chi connectivity index (χ2n) is 1.40. The summed E-state index contributed by atoms with van der Waals surface area (Å²) in [6, 6.07) is 0. The highest BCUT2D eigenvalue weighted by Crippen LogP contribution is 1.80. The van der Waals surface area contributed by atoms with Crippen LogP contribution in [0.4, 0.5) is 0 Å². The minimum atomic E-state index is 0.476. The van der Waals surface area contributed by atoms with Crippen LogP contribution in [0.5, 0.6) is 0 Å². The van der Waals surface area contributed by atoms with E-state index in [-0.39, 0.29) is 0 Å². The number of hydrogen-bond donors (Lipinski definition) is 0. The Balaban J connectivity index is 2.40. The maximum absolute atomic E-state index is 10.2. The molecule has 3 heteroatoms. The molecule has 1 aliphatic heterocycles. The van der Waals surface area contributed by atoms with Crippen LogP contribution in [0, 0.1) is 5.21 Å². The molecule has 0 fully saturated rings. The van der Waals surface area contributed by atoms with Crippen molar-refractivity contribution in [3.8, 4) is 0 Å². The number of ether oxygens (including phenoxy) is 1. The minimum Gasteiger partial charge on any atom is -0.624 e. The third-order valence-corrected chi connectivity index (χ3v) is 0.852. The van der Waals surface area contributed by atoms with Crippen molar-refractivity contribution in [2.45, 2.75) is 0 Å². The van der Waals surface area contributed by atoms with Gasteiger partial charge < -0.3 is 9.94 Å². The maximum atomic E-state index is 10.2. The third-order valence-electron chi connectivity index (χ3n) is 0.852. The van der Waals surface area contributed by atoms with Crippen molar-refractivity contribution in [2.75, 3.05) is 19.8 Å². The average Bonchev–Trinajstić information content (AvgIpc) is 1.69. The minimum absolute atomic E-state index is 0.476. The number of rotatable bonds is 0. The van der Waals surface area contributed by atoms with Crippen molar-refractivity contribution in [2.24, 2.45) is 0 Å². The lowest BCUT2D eigenvalue weighted by molar-refractivity contribution is -0.466. The second-order valence-corrected chi connectivity index (χ2v) is 1.40. The second kappa shape index (κ2) is 1.93. The quantitative estimate of drug-likeness (QED) is 0.307. The summed E-state index contributed by atoms with van der Waals surface area (Å²) in [6.45, 7) is 1.53. The van der Waals surface area contributed by atoms with Crippen LogP contribution in [0.1, 0.15) is 0 Å². The zero-order chi connectivity index (χ0) is 5.11. The average molecular weight is 101 g/mol. The molecule has 3 nitrogen and oxygen atoms in total. The molecule has 40 valence electrons. The van der Waals surface area contributed by atoms with Crippen LogP contribution >= 0.6 is 0 Å². The lowest BCUT2D eigenvalue weighted by atomic mass is 10.6. The molecule has 0 aromatic rings. The van der Waals surface area contributed by atoms with Gasteiger partial charge in [-0.2, -0.15) is 0 Å². The molecule has 0 N–H and O–H groups in total. The van der Waals surface area contributed by atoms with Crippen LogP contribution < -0.4 is 0 Å². The smallest absolute Gasteiger partial charge is 0.176 e. The largest absolute Gasteiger partial charge is 0.624 e. The van der Waals surface area contributed by atoms with E-state index in [0.29, 0.717) is 19.8 Å². The Morgan fingerprint density at radius 1 is 1.71 bits per heavy atom. The molecule has 0 saturated heterocycles. The summed E-state index contributed by atoms with van der Waals surface area (Å²) in [6.07, 6.45) is 1.49. The van der Waals surface area contributed by atoms with Crippen molar-refractivity contribution in [3.63, 3.8) is 0 Å². The molecule has 0 spiro atoms. The SMILES string of the molecule is [O-][N+]1=CCOCC1. The molecule has 0 atom stereocenters. The van der Waals surface area contributed by atoms with E-state index >= 15 is 0 Å². The van der Waals surface area contributed by atoms with Gasteiger partial charge >= 0.3 is 0 Å². The van der Waals surface area contributed by atoms with Crippen LogP contribution in [0.25, 0.3) is 0 Å². The first-order valence-electron chi connectivity index (χ1n) is 2.24. The highest BCUT2D eigenvalue weighted by atomic mass is 16.5. The third kappa shape index (κ3) is 1.16. The first-order chi connectivity index (χ1) is 3.39. The van der Waals surface area contributed by atoms with Gasteiger partial charge in [0.15, 0.2) is 12.8 Å². The normalized spacial score (nSPS) is 21.4. The van der Waals surface area contributed by atoms with Crippen molar-refractivity contribution in [1.29, 1.82) is 0 Å². The Kier molecular flexibility index (Phi) is 1.26.